The van der Waals surface area contributed by atoms with Crippen LogP contribution >= 0.6 is 0 Å². The first-order valence-electron chi connectivity index (χ1n) is 9.08. The predicted octanol–water partition coefficient (Wildman–Crippen LogP) is 2.91. The van der Waals surface area contributed by atoms with Gasteiger partial charge in [-0.15, -0.1) is 0 Å². The highest BCUT2D eigenvalue weighted by atomic mass is 16.6. The van der Waals surface area contributed by atoms with Gasteiger partial charge in [0.15, 0.2) is 23.0 Å². The van der Waals surface area contributed by atoms with Crippen molar-refractivity contribution in [3.8, 4) is 23.0 Å². The number of carbonyl (C=O) groups excluding carboxylic acids is 2. The first kappa shape index (κ1) is 18.2. The van der Waals surface area contributed by atoms with Crippen LogP contribution in [0.25, 0.3) is 0 Å². The zero-order chi connectivity index (χ0) is 19.7. The molecule has 2 heterocycles. The van der Waals surface area contributed by atoms with Crippen LogP contribution in [-0.2, 0) is 9.59 Å². The number of anilines is 1. The van der Waals surface area contributed by atoms with E-state index in [4.69, 9.17) is 18.9 Å². The molecule has 0 spiro atoms. The molecule has 0 radical (unpaired) electrons. The molecule has 1 fully saturated rings. The van der Waals surface area contributed by atoms with E-state index in [1.807, 2.05) is 12.1 Å². The normalized spacial score (nSPS) is 16.9. The van der Waals surface area contributed by atoms with Crippen molar-refractivity contribution in [2.75, 3.05) is 32.3 Å². The van der Waals surface area contributed by atoms with Crippen molar-refractivity contribution in [3.05, 3.63) is 42.0 Å². The third-order valence-electron chi connectivity index (χ3n) is 5.00. The molecule has 2 aliphatic heterocycles. The molecule has 0 aromatic heterocycles. The number of nitrogens with zero attached hydrogens (tertiary/aromatic N) is 1. The summed E-state index contributed by atoms with van der Waals surface area (Å²) in [6.45, 7) is 0.931. The number of ether oxygens (including phenoxy) is 4. The molecule has 7 nitrogen and oxygen atoms in total. The Morgan fingerprint density at radius 2 is 1.54 bits per heavy atom. The Labute approximate surface area is 162 Å². The fourth-order valence-electron chi connectivity index (χ4n) is 3.62. The molecule has 2 aliphatic rings. The Morgan fingerprint density at radius 3 is 2.21 bits per heavy atom. The van der Waals surface area contributed by atoms with Gasteiger partial charge in [-0.1, -0.05) is 6.07 Å². The minimum absolute atomic E-state index is 0.201. The van der Waals surface area contributed by atoms with Gasteiger partial charge in [-0.05, 0) is 29.8 Å². The summed E-state index contributed by atoms with van der Waals surface area (Å²) in [5, 5.41) is 0. The average Bonchev–Trinajstić information content (AvgIpc) is 2.72. The van der Waals surface area contributed by atoms with E-state index in [0.29, 0.717) is 41.9 Å². The standard InChI is InChI=1S/C21H21NO6/c1-25-16-5-3-13(9-18(16)26-2)14-10-20(23)22(21(24)11-14)15-4-6-17-19(12-15)28-8-7-27-17/h3-6,9,12,14H,7-8,10-11H2,1-2H3. The van der Waals surface area contributed by atoms with Gasteiger partial charge in [0.05, 0.1) is 19.9 Å². The summed E-state index contributed by atoms with van der Waals surface area (Å²) in [5.41, 5.74) is 1.38. The Kier molecular flexibility index (Phi) is 4.81. The summed E-state index contributed by atoms with van der Waals surface area (Å²) in [4.78, 5) is 26.9. The van der Waals surface area contributed by atoms with Gasteiger partial charge in [-0.3, -0.25) is 14.5 Å². The molecule has 0 aliphatic carbocycles. The summed E-state index contributed by atoms with van der Waals surface area (Å²) < 4.78 is 21.6. The highest BCUT2D eigenvalue weighted by Crippen LogP contribution is 2.39. The molecule has 2 aromatic carbocycles. The second kappa shape index (κ2) is 7.42. The molecule has 2 aromatic rings. The molecule has 2 amide bonds. The number of hydrogen-bond acceptors (Lipinski definition) is 6. The van der Waals surface area contributed by atoms with Crippen LogP contribution in [0.2, 0.25) is 0 Å². The third kappa shape index (κ3) is 3.24. The molecule has 0 saturated carbocycles. The van der Waals surface area contributed by atoms with Crippen molar-refractivity contribution < 1.29 is 28.5 Å². The lowest BCUT2D eigenvalue weighted by molar-refractivity contribution is -0.129. The molecule has 28 heavy (non-hydrogen) atoms. The van der Waals surface area contributed by atoms with Crippen LogP contribution in [0.4, 0.5) is 5.69 Å². The van der Waals surface area contributed by atoms with E-state index in [9.17, 15) is 9.59 Å². The minimum atomic E-state index is -0.243. The lowest BCUT2D eigenvalue weighted by Crippen LogP contribution is -2.42. The van der Waals surface area contributed by atoms with Crippen molar-refractivity contribution in [1.29, 1.82) is 0 Å². The fourth-order valence-corrected chi connectivity index (χ4v) is 3.62. The van der Waals surface area contributed by atoms with E-state index >= 15 is 0 Å². The Morgan fingerprint density at radius 1 is 0.857 bits per heavy atom. The Balaban J connectivity index is 1.57. The smallest absolute Gasteiger partial charge is 0.234 e. The Hall–Kier alpha value is -3.22. The maximum atomic E-state index is 12.8. The highest BCUT2D eigenvalue weighted by Gasteiger charge is 2.35. The van der Waals surface area contributed by atoms with Crippen LogP contribution in [0.5, 0.6) is 23.0 Å². The van der Waals surface area contributed by atoms with Crippen LogP contribution in [0.1, 0.15) is 24.3 Å². The zero-order valence-electron chi connectivity index (χ0n) is 15.8. The van der Waals surface area contributed by atoms with E-state index in [-0.39, 0.29) is 30.6 Å². The monoisotopic (exact) mass is 383 g/mol. The number of imide groups is 1. The van der Waals surface area contributed by atoms with Gasteiger partial charge in [0.2, 0.25) is 11.8 Å². The second-order valence-electron chi connectivity index (χ2n) is 6.67. The highest BCUT2D eigenvalue weighted by molar-refractivity contribution is 6.17. The van der Waals surface area contributed by atoms with E-state index in [2.05, 4.69) is 0 Å². The number of methoxy groups -OCH3 is 2. The van der Waals surface area contributed by atoms with Gasteiger partial charge >= 0.3 is 0 Å². The van der Waals surface area contributed by atoms with Crippen LogP contribution in [-0.4, -0.2) is 39.2 Å². The molecule has 4 rings (SSSR count). The molecule has 0 bridgehead atoms. The average molecular weight is 383 g/mol. The fraction of sp³-hybridized carbons (Fsp3) is 0.333. The molecule has 146 valence electrons. The van der Waals surface area contributed by atoms with Crippen molar-refractivity contribution in [3.63, 3.8) is 0 Å². The number of piperidine rings is 1. The van der Waals surface area contributed by atoms with Gasteiger partial charge in [-0.2, -0.15) is 0 Å². The van der Waals surface area contributed by atoms with E-state index in [1.54, 1.807) is 38.5 Å². The lowest BCUT2D eigenvalue weighted by Gasteiger charge is -2.31. The first-order chi connectivity index (χ1) is 13.6. The van der Waals surface area contributed by atoms with Crippen LogP contribution < -0.4 is 23.8 Å². The maximum absolute atomic E-state index is 12.8. The first-order valence-corrected chi connectivity index (χ1v) is 9.08. The maximum Gasteiger partial charge on any atom is 0.234 e. The molecular formula is C21H21NO6. The van der Waals surface area contributed by atoms with E-state index in [0.717, 1.165) is 5.56 Å². The topological polar surface area (TPSA) is 74.3 Å². The second-order valence-corrected chi connectivity index (χ2v) is 6.67. The number of amides is 2. The molecule has 0 unspecified atom stereocenters. The molecule has 0 N–H and O–H groups in total. The third-order valence-corrected chi connectivity index (χ3v) is 5.00. The van der Waals surface area contributed by atoms with Crippen LogP contribution in [0, 0.1) is 0 Å². The van der Waals surface area contributed by atoms with Gasteiger partial charge in [0.1, 0.15) is 13.2 Å². The SMILES string of the molecule is COc1ccc(C2CC(=O)N(c3ccc4c(c3)OCCO4)C(=O)C2)cc1OC. The number of fused-ring (bicyclic) bond motifs is 1. The van der Waals surface area contributed by atoms with Gasteiger partial charge in [-0.25, -0.2) is 0 Å². The largest absolute Gasteiger partial charge is 0.493 e. The van der Waals surface area contributed by atoms with E-state index < -0.39 is 0 Å². The van der Waals surface area contributed by atoms with Gasteiger partial charge in [0.25, 0.3) is 0 Å². The Bertz CT molecular complexity index is 907. The van der Waals surface area contributed by atoms with Crippen molar-refractivity contribution in [1.82, 2.24) is 0 Å². The number of benzene rings is 2. The zero-order valence-corrected chi connectivity index (χ0v) is 15.8. The summed E-state index contributed by atoms with van der Waals surface area (Å²) in [5.74, 6) is 1.67. The minimum Gasteiger partial charge on any atom is -0.493 e. The number of rotatable bonds is 4. The molecule has 1 saturated heterocycles. The summed E-state index contributed by atoms with van der Waals surface area (Å²) in [6, 6.07) is 10.6. The molecule has 0 atom stereocenters. The summed E-state index contributed by atoms with van der Waals surface area (Å²) in [7, 11) is 3.12. The van der Waals surface area contributed by atoms with Crippen LogP contribution in [0.3, 0.4) is 0 Å². The quantitative estimate of drug-likeness (QED) is 0.756. The molecule has 7 heteroatoms. The van der Waals surface area contributed by atoms with Crippen molar-refractivity contribution in [2.45, 2.75) is 18.8 Å². The van der Waals surface area contributed by atoms with Crippen LogP contribution in [0.15, 0.2) is 36.4 Å². The van der Waals surface area contributed by atoms with E-state index in [1.165, 1.54) is 4.90 Å². The summed E-state index contributed by atoms with van der Waals surface area (Å²) >= 11 is 0. The van der Waals surface area contributed by atoms with Gasteiger partial charge in [0, 0.05) is 24.8 Å². The predicted molar refractivity (Wildman–Crippen MR) is 101 cm³/mol. The number of hydrogen-bond donors (Lipinski definition) is 0. The summed E-state index contributed by atoms with van der Waals surface area (Å²) in [6.07, 6.45) is 0.464. The van der Waals surface area contributed by atoms with Crippen molar-refractivity contribution in [2.24, 2.45) is 0 Å². The van der Waals surface area contributed by atoms with Gasteiger partial charge < -0.3 is 18.9 Å². The lowest BCUT2D eigenvalue weighted by atomic mass is 9.88. The molecular weight excluding hydrogens is 362 g/mol. The van der Waals surface area contributed by atoms with Crippen molar-refractivity contribution >= 4 is 17.5 Å². The number of carbonyl (C=O) groups is 2.